The predicted octanol–water partition coefficient (Wildman–Crippen LogP) is 7.73. The van der Waals surface area contributed by atoms with Crippen LogP contribution in [0.5, 0.6) is 0 Å². The highest BCUT2D eigenvalue weighted by Crippen LogP contribution is 2.54. The van der Waals surface area contributed by atoms with Crippen molar-refractivity contribution in [2.45, 2.75) is 84.5 Å². The maximum absolute atomic E-state index is 2.44. The van der Waals surface area contributed by atoms with Crippen molar-refractivity contribution >= 4 is 0 Å². The second kappa shape index (κ2) is 7.77. The Labute approximate surface area is 154 Å². The van der Waals surface area contributed by atoms with Crippen LogP contribution in [0.25, 0.3) is 11.1 Å². The largest absolute Gasteiger partial charge is 0.0654 e. The minimum atomic E-state index is 0.246. The maximum atomic E-state index is 2.44. The summed E-state index contributed by atoms with van der Waals surface area (Å²) in [5, 5.41) is 0. The minimum Gasteiger partial charge on any atom is -0.0654 e. The van der Waals surface area contributed by atoms with E-state index in [-0.39, 0.29) is 5.41 Å². The van der Waals surface area contributed by atoms with Crippen molar-refractivity contribution in [3.8, 4) is 11.1 Å². The van der Waals surface area contributed by atoms with E-state index in [1.54, 1.807) is 11.1 Å². The highest BCUT2D eigenvalue weighted by Gasteiger charge is 2.41. The monoisotopic (exact) mass is 334 g/mol. The highest BCUT2D eigenvalue weighted by molar-refractivity contribution is 5.82. The summed E-state index contributed by atoms with van der Waals surface area (Å²) in [7, 11) is 0. The number of hydrogen-bond acceptors (Lipinski definition) is 0. The van der Waals surface area contributed by atoms with E-state index in [1.807, 2.05) is 0 Å². The van der Waals surface area contributed by atoms with E-state index < -0.39 is 0 Å². The predicted molar refractivity (Wildman–Crippen MR) is 110 cm³/mol. The van der Waals surface area contributed by atoms with Crippen molar-refractivity contribution in [1.29, 1.82) is 0 Å². The molecule has 0 aliphatic heterocycles. The summed E-state index contributed by atoms with van der Waals surface area (Å²) in [4.78, 5) is 0. The zero-order valence-corrected chi connectivity index (χ0v) is 16.6. The number of fused-ring (bicyclic) bond motifs is 3. The summed E-state index contributed by atoms with van der Waals surface area (Å²) < 4.78 is 0. The third-order valence-electron chi connectivity index (χ3n) is 6.09. The number of benzene rings is 2. The van der Waals surface area contributed by atoms with Crippen molar-refractivity contribution in [3.05, 3.63) is 58.7 Å². The summed E-state index contributed by atoms with van der Waals surface area (Å²) >= 11 is 0. The van der Waals surface area contributed by atoms with Gasteiger partial charge in [-0.05, 0) is 48.9 Å². The third kappa shape index (κ3) is 3.41. The molecule has 0 heterocycles. The van der Waals surface area contributed by atoms with Crippen LogP contribution in [-0.2, 0) is 5.41 Å². The van der Waals surface area contributed by atoms with E-state index in [0.717, 1.165) is 0 Å². The van der Waals surface area contributed by atoms with Gasteiger partial charge in [0.05, 0.1) is 0 Å². The number of rotatable bonds is 8. The van der Waals surface area contributed by atoms with Crippen molar-refractivity contribution in [2.75, 3.05) is 0 Å². The fraction of sp³-hybridized carbons (Fsp3) is 0.520. The molecule has 0 saturated heterocycles. The standard InChI is InChI=1S/C25H34/c1-5-7-9-15-25(16-10-8-6-2)23-13-11-19(3)17-21(23)22-18-20(4)12-14-24(22)25/h11-14,17-18H,5-10,15-16H2,1-4H3. The number of hydrogen-bond donors (Lipinski definition) is 0. The van der Waals surface area contributed by atoms with Crippen molar-refractivity contribution in [1.82, 2.24) is 0 Å². The molecule has 0 unspecified atom stereocenters. The average molecular weight is 335 g/mol. The Hall–Kier alpha value is -1.56. The number of unbranched alkanes of at least 4 members (excludes halogenated alkanes) is 4. The Morgan fingerprint density at radius 3 is 1.48 bits per heavy atom. The molecule has 0 aromatic heterocycles. The average Bonchev–Trinajstić information content (AvgIpc) is 2.85. The zero-order valence-electron chi connectivity index (χ0n) is 16.6. The molecule has 1 aliphatic carbocycles. The first kappa shape index (κ1) is 18.2. The molecule has 0 nitrogen and oxygen atoms in total. The van der Waals surface area contributed by atoms with Crippen LogP contribution >= 0.6 is 0 Å². The Balaban J connectivity index is 2.12. The van der Waals surface area contributed by atoms with E-state index in [0.29, 0.717) is 0 Å². The van der Waals surface area contributed by atoms with Crippen LogP contribution in [0.4, 0.5) is 0 Å². The van der Waals surface area contributed by atoms with Crippen molar-refractivity contribution < 1.29 is 0 Å². The Kier molecular flexibility index (Phi) is 5.67. The van der Waals surface area contributed by atoms with Gasteiger partial charge < -0.3 is 0 Å². The first-order valence-electron chi connectivity index (χ1n) is 10.3. The lowest BCUT2D eigenvalue weighted by Gasteiger charge is -2.33. The summed E-state index contributed by atoms with van der Waals surface area (Å²) in [6.45, 7) is 9.08. The van der Waals surface area contributed by atoms with Crippen LogP contribution in [-0.4, -0.2) is 0 Å². The lowest BCUT2D eigenvalue weighted by atomic mass is 9.70. The highest BCUT2D eigenvalue weighted by atomic mass is 14.4. The van der Waals surface area contributed by atoms with Gasteiger partial charge in [-0.15, -0.1) is 0 Å². The molecule has 0 amide bonds. The minimum absolute atomic E-state index is 0.246. The molecule has 0 radical (unpaired) electrons. The third-order valence-corrected chi connectivity index (χ3v) is 6.09. The van der Waals surface area contributed by atoms with Crippen LogP contribution in [0, 0.1) is 13.8 Å². The van der Waals surface area contributed by atoms with Gasteiger partial charge in [0.15, 0.2) is 0 Å². The molecule has 0 atom stereocenters. The molecule has 0 heteroatoms. The second-order valence-corrected chi connectivity index (χ2v) is 8.09. The van der Waals surface area contributed by atoms with Crippen LogP contribution in [0.3, 0.4) is 0 Å². The van der Waals surface area contributed by atoms with Crippen LogP contribution in [0.1, 0.15) is 87.5 Å². The van der Waals surface area contributed by atoms with Gasteiger partial charge in [0.1, 0.15) is 0 Å². The second-order valence-electron chi connectivity index (χ2n) is 8.09. The van der Waals surface area contributed by atoms with E-state index in [9.17, 15) is 0 Å². The molecule has 0 saturated carbocycles. The van der Waals surface area contributed by atoms with E-state index in [2.05, 4.69) is 64.1 Å². The molecule has 0 N–H and O–H groups in total. The van der Waals surface area contributed by atoms with Crippen molar-refractivity contribution in [2.24, 2.45) is 0 Å². The van der Waals surface area contributed by atoms with Gasteiger partial charge in [0, 0.05) is 5.41 Å². The van der Waals surface area contributed by atoms with Gasteiger partial charge in [-0.25, -0.2) is 0 Å². The molecule has 2 aromatic carbocycles. The molecular formula is C25H34. The summed E-state index contributed by atoms with van der Waals surface area (Å²) in [6.07, 6.45) is 10.6. The van der Waals surface area contributed by atoms with Crippen molar-refractivity contribution in [3.63, 3.8) is 0 Å². The van der Waals surface area contributed by atoms with Gasteiger partial charge in [-0.1, -0.05) is 99.9 Å². The van der Waals surface area contributed by atoms with Gasteiger partial charge in [0.25, 0.3) is 0 Å². The summed E-state index contributed by atoms with van der Waals surface area (Å²) in [5.74, 6) is 0. The molecule has 2 aromatic rings. The van der Waals surface area contributed by atoms with Gasteiger partial charge in [-0.2, -0.15) is 0 Å². The molecule has 3 rings (SSSR count). The smallest absolute Gasteiger partial charge is 0.0215 e. The summed E-state index contributed by atoms with van der Waals surface area (Å²) in [5.41, 5.74) is 9.22. The van der Waals surface area contributed by atoms with E-state index >= 15 is 0 Å². The molecule has 1 aliphatic rings. The Morgan fingerprint density at radius 2 is 1.08 bits per heavy atom. The molecule has 25 heavy (non-hydrogen) atoms. The van der Waals surface area contributed by atoms with Gasteiger partial charge >= 0.3 is 0 Å². The SMILES string of the molecule is CCCCCC1(CCCCC)c2ccc(C)cc2-c2cc(C)ccc21. The molecule has 0 spiro atoms. The van der Waals surface area contributed by atoms with Crippen LogP contribution in [0.15, 0.2) is 36.4 Å². The van der Waals surface area contributed by atoms with Gasteiger partial charge in [0.2, 0.25) is 0 Å². The number of aryl methyl sites for hydroxylation is 2. The lowest BCUT2D eigenvalue weighted by molar-refractivity contribution is 0.405. The summed E-state index contributed by atoms with van der Waals surface area (Å²) in [6, 6.07) is 14.4. The Bertz CT molecular complexity index is 659. The van der Waals surface area contributed by atoms with E-state index in [4.69, 9.17) is 0 Å². The first-order valence-corrected chi connectivity index (χ1v) is 10.3. The lowest BCUT2D eigenvalue weighted by Crippen LogP contribution is -2.25. The fourth-order valence-corrected chi connectivity index (χ4v) is 4.76. The molecule has 0 fully saturated rings. The topological polar surface area (TPSA) is 0 Å². The van der Waals surface area contributed by atoms with Crippen LogP contribution in [0.2, 0.25) is 0 Å². The first-order chi connectivity index (χ1) is 12.1. The molecule has 134 valence electrons. The quantitative estimate of drug-likeness (QED) is 0.433. The van der Waals surface area contributed by atoms with Gasteiger partial charge in [-0.3, -0.25) is 0 Å². The maximum Gasteiger partial charge on any atom is 0.0215 e. The zero-order chi connectivity index (χ0) is 17.9. The van der Waals surface area contributed by atoms with Crippen LogP contribution < -0.4 is 0 Å². The molecular weight excluding hydrogens is 300 g/mol. The normalized spacial score (nSPS) is 14.4. The van der Waals surface area contributed by atoms with E-state index in [1.165, 1.54) is 73.6 Å². The fourth-order valence-electron chi connectivity index (χ4n) is 4.76. The Morgan fingerprint density at radius 1 is 0.640 bits per heavy atom. The molecule has 0 bridgehead atoms.